The molecule has 0 unspecified atom stereocenters. The van der Waals surface area contributed by atoms with Gasteiger partial charge in [-0.15, -0.1) is 0 Å². The second kappa shape index (κ2) is 7.71. The van der Waals surface area contributed by atoms with Gasteiger partial charge in [0, 0.05) is 12.3 Å². The Morgan fingerprint density at radius 2 is 1.80 bits per heavy atom. The molecule has 0 bridgehead atoms. The van der Waals surface area contributed by atoms with Crippen LogP contribution in [0.15, 0.2) is 0 Å². The fourth-order valence-corrected chi connectivity index (χ4v) is 6.62. The van der Waals surface area contributed by atoms with Crippen LogP contribution < -0.4 is 0 Å². The van der Waals surface area contributed by atoms with Crippen LogP contribution in [0.25, 0.3) is 0 Å². The highest BCUT2D eigenvalue weighted by atomic mass is 16.5. The van der Waals surface area contributed by atoms with E-state index in [1.54, 1.807) is 0 Å². The van der Waals surface area contributed by atoms with Gasteiger partial charge in [0.1, 0.15) is 5.78 Å². The molecule has 144 valence electrons. The molecule has 0 spiro atoms. The Kier molecular flexibility index (Phi) is 5.98. The molecule has 3 fully saturated rings. The molecule has 3 rings (SSSR count). The van der Waals surface area contributed by atoms with E-state index in [1.807, 2.05) is 0 Å². The van der Waals surface area contributed by atoms with Crippen LogP contribution in [-0.2, 0) is 9.53 Å². The molecule has 7 atom stereocenters. The molecular weight excluding hydrogens is 308 g/mol. The lowest BCUT2D eigenvalue weighted by Crippen LogP contribution is -2.49. The molecule has 25 heavy (non-hydrogen) atoms. The van der Waals surface area contributed by atoms with E-state index in [1.165, 1.54) is 44.9 Å². The SMILES string of the molecule is CC(C)O[C@H]1CCC[C@@H]2CC[C@H]3CC(=O)[C@H](C)C[C@]3(C)[C@H]2CC[C@@H]1C. The van der Waals surface area contributed by atoms with E-state index in [0.717, 1.165) is 24.7 Å². The summed E-state index contributed by atoms with van der Waals surface area (Å²) in [5.74, 6) is 3.82. The highest BCUT2D eigenvalue weighted by Gasteiger charge is 2.52. The standard InChI is InChI=1S/C23H40O2/c1-15(2)25-22-8-6-7-18-10-11-19-13-21(24)17(4)14-23(19,5)20(18)12-9-16(22)3/h15-20,22H,6-14H2,1-5H3/t16-,17+,18+,19-,20-,22-,23-/m0/s1. The number of carbonyl (C=O) groups excluding carboxylic acids is 1. The minimum atomic E-state index is 0.280. The van der Waals surface area contributed by atoms with Gasteiger partial charge in [-0.3, -0.25) is 4.79 Å². The molecule has 0 aromatic heterocycles. The maximum Gasteiger partial charge on any atom is 0.136 e. The zero-order valence-corrected chi connectivity index (χ0v) is 17.2. The van der Waals surface area contributed by atoms with Gasteiger partial charge in [-0.25, -0.2) is 0 Å². The quantitative estimate of drug-likeness (QED) is 0.609. The summed E-state index contributed by atoms with van der Waals surface area (Å²) >= 11 is 0. The van der Waals surface area contributed by atoms with Gasteiger partial charge in [0.15, 0.2) is 0 Å². The highest BCUT2D eigenvalue weighted by molar-refractivity contribution is 5.82. The third kappa shape index (κ3) is 3.99. The normalized spacial score (nSPS) is 45.9. The fraction of sp³-hybridized carbons (Fsp3) is 0.957. The van der Waals surface area contributed by atoms with Crippen molar-refractivity contribution in [1.29, 1.82) is 0 Å². The lowest BCUT2D eigenvalue weighted by Gasteiger charge is -2.55. The average molecular weight is 349 g/mol. The van der Waals surface area contributed by atoms with Crippen molar-refractivity contribution < 1.29 is 9.53 Å². The van der Waals surface area contributed by atoms with Crippen LogP contribution in [0.1, 0.15) is 92.4 Å². The fourth-order valence-electron chi connectivity index (χ4n) is 6.62. The van der Waals surface area contributed by atoms with Crippen molar-refractivity contribution in [3.8, 4) is 0 Å². The summed E-state index contributed by atoms with van der Waals surface area (Å²) in [5.41, 5.74) is 0.398. The van der Waals surface area contributed by atoms with Crippen LogP contribution in [0.4, 0.5) is 0 Å². The first-order valence-corrected chi connectivity index (χ1v) is 11.0. The van der Waals surface area contributed by atoms with Crippen molar-refractivity contribution in [3.05, 3.63) is 0 Å². The molecule has 3 saturated carbocycles. The molecule has 0 aromatic carbocycles. The summed E-state index contributed by atoms with van der Waals surface area (Å²) in [6, 6.07) is 0. The summed E-state index contributed by atoms with van der Waals surface area (Å²) in [7, 11) is 0. The smallest absolute Gasteiger partial charge is 0.136 e. The van der Waals surface area contributed by atoms with Gasteiger partial charge in [0.05, 0.1) is 12.2 Å². The number of Topliss-reactive ketones (excluding diaryl/α,β-unsaturated/α-hetero) is 1. The number of rotatable bonds is 2. The average Bonchev–Trinajstić information content (AvgIpc) is 2.60. The van der Waals surface area contributed by atoms with Gasteiger partial charge in [-0.2, -0.15) is 0 Å². The molecule has 2 heteroatoms. The van der Waals surface area contributed by atoms with Gasteiger partial charge in [-0.1, -0.05) is 33.6 Å². The molecule has 2 nitrogen and oxygen atoms in total. The molecule has 0 heterocycles. The number of ketones is 1. The third-order valence-electron chi connectivity index (χ3n) is 8.06. The molecule has 0 amide bonds. The maximum absolute atomic E-state index is 12.3. The summed E-state index contributed by atoms with van der Waals surface area (Å²) in [6.45, 7) is 11.5. The van der Waals surface area contributed by atoms with Crippen LogP contribution in [0, 0.1) is 35.0 Å². The summed E-state index contributed by atoms with van der Waals surface area (Å²) in [5, 5.41) is 0. The van der Waals surface area contributed by atoms with E-state index in [9.17, 15) is 4.79 Å². The molecule has 0 aliphatic heterocycles. The maximum atomic E-state index is 12.3. The van der Waals surface area contributed by atoms with Crippen molar-refractivity contribution in [3.63, 3.8) is 0 Å². The first-order chi connectivity index (χ1) is 11.8. The van der Waals surface area contributed by atoms with E-state index in [0.29, 0.717) is 35.2 Å². The first kappa shape index (κ1) is 19.4. The van der Waals surface area contributed by atoms with Crippen LogP contribution in [0.3, 0.4) is 0 Å². The van der Waals surface area contributed by atoms with E-state index in [-0.39, 0.29) is 5.92 Å². The van der Waals surface area contributed by atoms with E-state index in [4.69, 9.17) is 4.74 Å². The Balaban J connectivity index is 1.76. The van der Waals surface area contributed by atoms with Gasteiger partial charge >= 0.3 is 0 Å². The Labute approximate surface area is 155 Å². The second-order valence-electron chi connectivity index (χ2n) is 10.1. The van der Waals surface area contributed by atoms with E-state index in [2.05, 4.69) is 34.6 Å². The van der Waals surface area contributed by atoms with Crippen LogP contribution in [0.2, 0.25) is 0 Å². The van der Waals surface area contributed by atoms with Crippen LogP contribution >= 0.6 is 0 Å². The van der Waals surface area contributed by atoms with E-state index < -0.39 is 0 Å². The summed E-state index contributed by atoms with van der Waals surface area (Å²) in [6.07, 6.45) is 12.0. The Morgan fingerprint density at radius 3 is 2.52 bits per heavy atom. The number of ether oxygens (including phenoxy) is 1. The topological polar surface area (TPSA) is 26.3 Å². The number of hydrogen-bond donors (Lipinski definition) is 0. The van der Waals surface area contributed by atoms with Gasteiger partial charge in [0.2, 0.25) is 0 Å². The zero-order valence-electron chi connectivity index (χ0n) is 17.2. The molecule has 3 aliphatic carbocycles. The number of hydrogen-bond acceptors (Lipinski definition) is 2. The lowest BCUT2D eigenvalue weighted by molar-refractivity contribution is -0.137. The van der Waals surface area contributed by atoms with Crippen molar-refractivity contribution in [1.82, 2.24) is 0 Å². The Bertz CT molecular complexity index is 471. The molecule has 0 aromatic rings. The molecule has 0 radical (unpaired) electrons. The van der Waals surface area contributed by atoms with Gasteiger partial charge < -0.3 is 4.74 Å². The van der Waals surface area contributed by atoms with Crippen molar-refractivity contribution in [2.45, 2.75) is 105 Å². The zero-order chi connectivity index (χ0) is 18.2. The van der Waals surface area contributed by atoms with Crippen LogP contribution in [-0.4, -0.2) is 18.0 Å². The minimum Gasteiger partial charge on any atom is -0.375 e. The van der Waals surface area contributed by atoms with Gasteiger partial charge in [-0.05, 0) is 81.5 Å². The predicted octanol–water partition coefficient (Wildman–Crippen LogP) is 6.03. The van der Waals surface area contributed by atoms with Gasteiger partial charge in [0.25, 0.3) is 0 Å². The number of carbonyl (C=O) groups is 1. The van der Waals surface area contributed by atoms with E-state index >= 15 is 0 Å². The largest absolute Gasteiger partial charge is 0.375 e. The molecular formula is C23H40O2. The highest BCUT2D eigenvalue weighted by Crippen LogP contribution is 2.58. The predicted molar refractivity (Wildman–Crippen MR) is 103 cm³/mol. The lowest BCUT2D eigenvalue weighted by atomic mass is 9.49. The first-order valence-electron chi connectivity index (χ1n) is 11.0. The molecule has 0 N–H and O–H groups in total. The second-order valence-corrected chi connectivity index (χ2v) is 10.1. The third-order valence-corrected chi connectivity index (χ3v) is 8.06. The Morgan fingerprint density at radius 1 is 1.04 bits per heavy atom. The van der Waals surface area contributed by atoms with Crippen molar-refractivity contribution >= 4 is 5.78 Å². The monoisotopic (exact) mass is 348 g/mol. The molecule has 3 aliphatic rings. The van der Waals surface area contributed by atoms with Crippen molar-refractivity contribution in [2.75, 3.05) is 0 Å². The number of fused-ring (bicyclic) bond motifs is 3. The summed E-state index contributed by atoms with van der Waals surface area (Å²) < 4.78 is 6.27. The van der Waals surface area contributed by atoms with Crippen LogP contribution in [0.5, 0.6) is 0 Å². The molecule has 0 saturated heterocycles. The summed E-state index contributed by atoms with van der Waals surface area (Å²) in [4.78, 5) is 12.3. The Hall–Kier alpha value is -0.370. The van der Waals surface area contributed by atoms with Crippen molar-refractivity contribution in [2.24, 2.45) is 35.0 Å². The minimum absolute atomic E-state index is 0.280.